The van der Waals surface area contributed by atoms with Crippen LogP contribution in [0.25, 0.3) is 6.08 Å². The van der Waals surface area contributed by atoms with Crippen LogP contribution in [0.1, 0.15) is 37.7 Å². The molecule has 1 aromatic carbocycles. The van der Waals surface area contributed by atoms with Gasteiger partial charge in [0.25, 0.3) is 0 Å². The van der Waals surface area contributed by atoms with E-state index < -0.39 is 23.8 Å². The SMILES string of the molecule is O=C(O)C1=Cc2cc(Cl)c(OCC3CCCCC3)c(Cl)c2O[C@H]1C(F)(F)F. The fraction of sp³-hybridized carbons (Fsp3) is 0.500. The van der Waals surface area contributed by atoms with Crippen molar-refractivity contribution < 1.29 is 32.5 Å². The average Bonchev–Trinajstić information content (AvgIpc) is 2.60. The van der Waals surface area contributed by atoms with Crippen molar-refractivity contribution >= 4 is 35.2 Å². The largest absolute Gasteiger partial charge is 0.490 e. The molecule has 1 atom stereocenters. The lowest BCUT2D eigenvalue weighted by atomic mass is 9.90. The van der Waals surface area contributed by atoms with E-state index in [4.69, 9.17) is 37.8 Å². The molecule has 0 unspecified atom stereocenters. The van der Waals surface area contributed by atoms with Crippen LogP contribution in [0, 0.1) is 5.92 Å². The molecule has 148 valence electrons. The molecule has 1 N–H and O–H groups in total. The first-order chi connectivity index (χ1) is 12.7. The topological polar surface area (TPSA) is 55.8 Å². The Labute approximate surface area is 163 Å². The van der Waals surface area contributed by atoms with Gasteiger partial charge < -0.3 is 14.6 Å². The molecule has 1 aromatic rings. The molecule has 1 saturated carbocycles. The van der Waals surface area contributed by atoms with Gasteiger partial charge in [-0.25, -0.2) is 4.79 Å². The minimum Gasteiger partial charge on any atom is -0.490 e. The van der Waals surface area contributed by atoms with Crippen molar-refractivity contribution in [1.29, 1.82) is 0 Å². The summed E-state index contributed by atoms with van der Waals surface area (Å²) in [5, 5.41) is 8.98. The van der Waals surface area contributed by atoms with Crippen molar-refractivity contribution in [3.05, 3.63) is 27.2 Å². The molecule has 0 aromatic heterocycles. The van der Waals surface area contributed by atoms with Crippen molar-refractivity contribution in [1.82, 2.24) is 0 Å². The lowest BCUT2D eigenvalue weighted by Gasteiger charge is -2.29. The van der Waals surface area contributed by atoms with Crippen molar-refractivity contribution in [3.8, 4) is 11.5 Å². The zero-order chi connectivity index (χ0) is 19.8. The van der Waals surface area contributed by atoms with E-state index in [1.807, 2.05) is 0 Å². The van der Waals surface area contributed by atoms with Crippen LogP contribution in [0.15, 0.2) is 11.6 Å². The summed E-state index contributed by atoms with van der Waals surface area (Å²) in [5.41, 5.74) is -0.870. The Morgan fingerprint density at radius 3 is 2.52 bits per heavy atom. The van der Waals surface area contributed by atoms with E-state index in [9.17, 15) is 18.0 Å². The maximum absolute atomic E-state index is 13.2. The maximum atomic E-state index is 13.2. The summed E-state index contributed by atoms with van der Waals surface area (Å²) in [7, 11) is 0. The zero-order valence-corrected chi connectivity index (χ0v) is 15.6. The molecule has 0 radical (unpaired) electrons. The summed E-state index contributed by atoms with van der Waals surface area (Å²) in [6.45, 7) is 0.358. The van der Waals surface area contributed by atoms with Crippen molar-refractivity contribution in [2.75, 3.05) is 6.61 Å². The third-order valence-corrected chi connectivity index (χ3v) is 5.35. The van der Waals surface area contributed by atoms with Crippen LogP contribution < -0.4 is 9.47 Å². The van der Waals surface area contributed by atoms with E-state index in [-0.39, 0.29) is 27.1 Å². The first-order valence-corrected chi connectivity index (χ1v) is 9.27. The minimum atomic E-state index is -4.91. The van der Waals surface area contributed by atoms with Gasteiger partial charge >= 0.3 is 12.1 Å². The van der Waals surface area contributed by atoms with Crippen LogP contribution in [-0.4, -0.2) is 30.0 Å². The summed E-state index contributed by atoms with van der Waals surface area (Å²) in [5.74, 6) is -1.63. The quantitative estimate of drug-likeness (QED) is 0.668. The van der Waals surface area contributed by atoms with Crippen LogP contribution in [0.3, 0.4) is 0 Å². The van der Waals surface area contributed by atoms with Crippen LogP contribution in [-0.2, 0) is 4.79 Å². The molecule has 1 fully saturated rings. The Morgan fingerprint density at radius 1 is 1.26 bits per heavy atom. The number of fused-ring (bicyclic) bond motifs is 1. The number of hydrogen-bond donors (Lipinski definition) is 1. The predicted octanol–water partition coefficient (Wildman–Crippen LogP) is 5.74. The summed E-state index contributed by atoms with van der Waals surface area (Å²) in [6.07, 6.45) is -1.22. The van der Waals surface area contributed by atoms with Crippen molar-refractivity contribution in [3.63, 3.8) is 0 Å². The molecule has 27 heavy (non-hydrogen) atoms. The van der Waals surface area contributed by atoms with E-state index in [1.165, 1.54) is 12.5 Å². The van der Waals surface area contributed by atoms with Crippen molar-refractivity contribution in [2.24, 2.45) is 5.92 Å². The number of benzene rings is 1. The Bertz CT molecular complexity index is 771. The molecule has 1 heterocycles. The van der Waals surface area contributed by atoms with E-state index in [0.29, 0.717) is 12.5 Å². The highest BCUT2D eigenvalue weighted by Gasteiger charge is 2.49. The van der Waals surface area contributed by atoms with Gasteiger partial charge in [0.1, 0.15) is 10.8 Å². The molecule has 4 nitrogen and oxygen atoms in total. The smallest absolute Gasteiger partial charge is 0.430 e. The molecule has 1 aliphatic heterocycles. The lowest BCUT2D eigenvalue weighted by Crippen LogP contribution is -2.40. The van der Waals surface area contributed by atoms with E-state index in [1.54, 1.807) is 0 Å². The number of hydrogen-bond acceptors (Lipinski definition) is 3. The number of halogens is 5. The Hall–Kier alpha value is -1.60. The molecule has 2 aliphatic rings. The highest BCUT2D eigenvalue weighted by Crippen LogP contribution is 2.48. The molecule has 0 spiro atoms. The van der Waals surface area contributed by atoms with Crippen LogP contribution in [0.5, 0.6) is 11.5 Å². The molecule has 1 aliphatic carbocycles. The van der Waals surface area contributed by atoms with Crippen LogP contribution in [0.4, 0.5) is 13.2 Å². The standard InChI is InChI=1S/C18H17Cl2F3O4/c19-12-7-10-6-11(17(24)25)16(18(21,22)23)27-14(10)13(20)15(12)26-8-9-4-2-1-3-5-9/h6-7,9,16H,1-5,8H2,(H,24,25)/t16-/m1/s1. The van der Waals surface area contributed by atoms with Gasteiger partial charge in [0.05, 0.1) is 17.2 Å². The Kier molecular flexibility index (Phi) is 5.82. The highest BCUT2D eigenvalue weighted by atomic mass is 35.5. The van der Waals surface area contributed by atoms with E-state index >= 15 is 0 Å². The van der Waals surface area contributed by atoms with Gasteiger partial charge in [-0.15, -0.1) is 0 Å². The summed E-state index contributed by atoms with van der Waals surface area (Å²) in [4.78, 5) is 11.2. The number of carboxylic acids is 1. The highest BCUT2D eigenvalue weighted by molar-refractivity contribution is 6.38. The fourth-order valence-corrected chi connectivity index (χ4v) is 3.98. The third kappa shape index (κ3) is 4.29. The molecular weight excluding hydrogens is 408 g/mol. The first-order valence-electron chi connectivity index (χ1n) is 8.51. The number of alkyl halides is 3. The monoisotopic (exact) mass is 424 g/mol. The molecule has 0 bridgehead atoms. The molecule has 0 saturated heterocycles. The average molecular weight is 425 g/mol. The Balaban J connectivity index is 1.92. The molecule has 9 heteroatoms. The van der Waals surface area contributed by atoms with E-state index in [2.05, 4.69) is 0 Å². The summed E-state index contributed by atoms with van der Waals surface area (Å²) < 4.78 is 50.3. The maximum Gasteiger partial charge on any atom is 0.430 e. The third-order valence-electron chi connectivity index (χ3n) is 4.72. The second kappa shape index (κ2) is 7.80. The lowest BCUT2D eigenvalue weighted by molar-refractivity contribution is -0.187. The van der Waals surface area contributed by atoms with Gasteiger partial charge in [-0.05, 0) is 30.9 Å². The Morgan fingerprint density at radius 2 is 1.93 bits per heavy atom. The number of rotatable bonds is 4. The van der Waals surface area contributed by atoms with Crippen LogP contribution in [0.2, 0.25) is 10.0 Å². The summed E-state index contributed by atoms with van der Waals surface area (Å²) >= 11 is 12.4. The van der Waals surface area contributed by atoms with Gasteiger partial charge in [-0.3, -0.25) is 0 Å². The number of aliphatic carboxylic acids is 1. The van der Waals surface area contributed by atoms with Crippen LogP contribution >= 0.6 is 23.2 Å². The molecule has 0 amide bonds. The fourth-order valence-electron chi connectivity index (χ4n) is 3.36. The zero-order valence-electron chi connectivity index (χ0n) is 14.1. The number of ether oxygens (including phenoxy) is 2. The van der Waals surface area contributed by atoms with Gasteiger partial charge in [0.2, 0.25) is 6.10 Å². The second-order valence-corrected chi connectivity index (χ2v) is 7.46. The predicted molar refractivity (Wildman–Crippen MR) is 94.6 cm³/mol. The number of carboxylic acid groups (broad SMARTS) is 1. The normalized spacial score (nSPS) is 20.5. The summed E-state index contributed by atoms with van der Waals surface area (Å²) in [6, 6.07) is 1.30. The minimum absolute atomic E-state index is 0.0516. The number of carbonyl (C=O) groups is 1. The second-order valence-electron chi connectivity index (χ2n) is 6.68. The van der Waals surface area contributed by atoms with E-state index in [0.717, 1.165) is 31.8 Å². The van der Waals surface area contributed by atoms with Crippen molar-refractivity contribution in [2.45, 2.75) is 44.4 Å². The van der Waals surface area contributed by atoms with Gasteiger partial charge in [0, 0.05) is 5.56 Å². The van der Waals surface area contributed by atoms with Gasteiger partial charge in [0.15, 0.2) is 5.75 Å². The molecular formula is C18H17Cl2F3O4. The van der Waals surface area contributed by atoms with Gasteiger partial charge in [-0.2, -0.15) is 13.2 Å². The first kappa shape index (κ1) is 20.1. The molecule has 3 rings (SSSR count). The van der Waals surface area contributed by atoms with Gasteiger partial charge in [-0.1, -0.05) is 42.5 Å².